The molecule has 4 aromatic heterocycles. The summed E-state index contributed by atoms with van der Waals surface area (Å²) in [5, 5.41) is 23.4. The smallest absolute Gasteiger partial charge is 0.143 e. The predicted octanol–water partition coefficient (Wildman–Crippen LogP) is 5.51. The number of nitrogens with zero attached hydrogens (tertiary/aromatic N) is 7. The van der Waals surface area contributed by atoms with Gasteiger partial charge in [0.05, 0.1) is 35.6 Å². The highest BCUT2D eigenvalue weighted by molar-refractivity contribution is 5.93. The summed E-state index contributed by atoms with van der Waals surface area (Å²) in [6.07, 6.45) is 12.3. The van der Waals surface area contributed by atoms with Gasteiger partial charge in [-0.05, 0) is 65.0 Å². The van der Waals surface area contributed by atoms with E-state index >= 15 is 0 Å². The lowest BCUT2D eigenvalue weighted by Crippen LogP contribution is -2.26. The minimum Gasteiger partial charge on any atom is -0.489 e. The van der Waals surface area contributed by atoms with Crippen LogP contribution in [0.25, 0.3) is 22.2 Å². The average molecular weight is 499 g/mol. The summed E-state index contributed by atoms with van der Waals surface area (Å²) in [5.74, 6) is 1.74. The molecule has 0 radical (unpaired) electrons. The molecule has 0 aromatic carbocycles. The van der Waals surface area contributed by atoms with Crippen LogP contribution in [0.4, 0.5) is 5.82 Å². The normalized spacial score (nSPS) is 18.0. The molecule has 9 nitrogen and oxygen atoms in total. The van der Waals surface area contributed by atoms with Gasteiger partial charge in [0.2, 0.25) is 0 Å². The molecule has 1 saturated carbocycles. The second kappa shape index (κ2) is 10.2. The third-order valence-electron chi connectivity index (χ3n) is 7.12. The highest BCUT2D eigenvalue weighted by Crippen LogP contribution is 2.37. The van der Waals surface area contributed by atoms with Crippen LogP contribution in [-0.4, -0.2) is 42.2 Å². The average Bonchev–Trinajstić information content (AvgIpc) is 3.55. The van der Waals surface area contributed by atoms with Crippen LogP contribution in [0.5, 0.6) is 5.75 Å². The number of ether oxygens (including phenoxy) is 1. The lowest BCUT2D eigenvalue weighted by atomic mass is 9.93. The number of aryl methyl sites for hydroxylation is 1. The molecule has 0 saturated heterocycles. The molecular formula is C28H34N8O. The summed E-state index contributed by atoms with van der Waals surface area (Å²) >= 11 is 0. The summed E-state index contributed by atoms with van der Waals surface area (Å²) in [6, 6.07) is 8.62. The number of fused-ring (bicyclic) bond motifs is 1. The van der Waals surface area contributed by atoms with E-state index in [2.05, 4.69) is 51.0 Å². The van der Waals surface area contributed by atoms with Crippen LogP contribution in [0.15, 0.2) is 43.0 Å². The first-order valence-corrected chi connectivity index (χ1v) is 13.1. The Hall–Kier alpha value is -3.93. The van der Waals surface area contributed by atoms with E-state index in [1.807, 2.05) is 44.6 Å². The van der Waals surface area contributed by atoms with Crippen LogP contribution in [0, 0.1) is 11.3 Å². The Morgan fingerprint density at radius 1 is 1.16 bits per heavy atom. The van der Waals surface area contributed by atoms with E-state index in [1.165, 1.54) is 0 Å². The van der Waals surface area contributed by atoms with Crippen molar-refractivity contribution in [2.45, 2.75) is 77.5 Å². The molecule has 4 aromatic rings. The van der Waals surface area contributed by atoms with Crippen LogP contribution < -0.4 is 10.1 Å². The lowest BCUT2D eigenvalue weighted by Gasteiger charge is -2.30. The summed E-state index contributed by atoms with van der Waals surface area (Å²) in [4.78, 5) is 9.08. The second-order valence-electron chi connectivity index (χ2n) is 10.1. The van der Waals surface area contributed by atoms with Crippen molar-refractivity contribution in [3.05, 3.63) is 48.7 Å². The van der Waals surface area contributed by atoms with Gasteiger partial charge in [-0.3, -0.25) is 14.3 Å². The Kier molecular flexibility index (Phi) is 6.83. The number of anilines is 1. The van der Waals surface area contributed by atoms with Gasteiger partial charge in [-0.15, -0.1) is 0 Å². The van der Waals surface area contributed by atoms with Gasteiger partial charge in [0.25, 0.3) is 0 Å². The summed E-state index contributed by atoms with van der Waals surface area (Å²) < 4.78 is 10.2. The van der Waals surface area contributed by atoms with Crippen LogP contribution in [0.2, 0.25) is 0 Å². The fourth-order valence-electron chi connectivity index (χ4n) is 4.99. The standard InChI is InChI=1S/C28H34N8O/c1-5-23-25(8-7-13-31-23)37-21-11-9-20(10-12-21)36-24-14-26(30-6-2)32-16-22(24)27(34-36)19-15-33-35(17-19)28(3,4)18-29/h7-8,13-17,20-21H,5-6,9-12H2,1-4H3,(H,30,32)/t20-,21+. The highest BCUT2D eigenvalue weighted by Gasteiger charge is 2.28. The van der Waals surface area contributed by atoms with Crippen LogP contribution >= 0.6 is 0 Å². The molecule has 0 bridgehead atoms. The second-order valence-corrected chi connectivity index (χ2v) is 10.1. The maximum Gasteiger partial charge on any atom is 0.143 e. The van der Waals surface area contributed by atoms with Gasteiger partial charge in [-0.25, -0.2) is 4.98 Å². The van der Waals surface area contributed by atoms with E-state index in [0.29, 0.717) is 0 Å². The van der Waals surface area contributed by atoms with E-state index in [-0.39, 0.29) is 12.1 Å². The number of rotatable bonds is 8. The van der Waals surface area contributed by atoms with Crippen LogP contribution in [0.3, 0.4) is 0 Å². The number of hydrogen-bond acceptors (Lipinski definition) is 7. The van der Waals surface area contributed by atoms with Gasteiger partial charge in [-0.2, -0.15) is 15.5 Å². The van der Waals surface area contributed by atoms with Gasteiger partial charge in [0, 0.05) is 42.2 Å². The van der Waals surface area contributed by atoms with Crippen molar-refractivity contribution in [3.63, 3.8) is 0 Å². The zero-order valence-corrected chi connectivity index (χ0v) is 22.0. The third kappa shape index (κ3) is 4.88. The Bertz CT molecular complexity index is 1420. The summed E-state index contributed by atoms with van der Waals surface area (Å²) in [6.45, 7) is 8.66. The predicted molar refractivity (Wildman–Crippen MR) is 143 cm³/mol. The van der Waals surface area contributed by atoms with Gasteiger partial charge in [0.1, 0.15) is 22.8 Å². The van der Waals surface area contributed by atoms with E-state index in [4.69, 9.17) is 9.84 Å². The SMILES string of the molecule is CCNc1cc2c(cn1)c(-c1cnn(C(C)(C)C#N)c1)nn2[C@H]1CC[C@@H](Oc2cccnc2CC)CC1. The first kappa shape index (κ1) is 24.8. The number of pyridine rings is 2. The fourth-order valence-corrected chi connectivity index (χ4v) is 4.99. The molecule has 4 heterocycles. The number of aromatic nitrogens is 6. The topological polar surface area (TPSA) is 106 Å². The molecule has 37 heavy (non-hydrogen) atoms. The van der Waals surface area contributed by atoms with Gasteiger partial charge >= 0.3 is 0 Å². The van der Waals surface area contributed by atoms with Crippen molar-refractivity contribution in [1.29, 1.82) is 5.26 Å². The largest absolute Gasteiger partial charge is 0.489 e. The van der Waals surface area contributed by atoms with Gasteiger partial charge < -0.3 is 10.1 Å². The van der Waals surface area contributed by atoms with E-state index < -0.39 is 5.54 Å². The quantitative estimate of drug-likeness (QED) is 0.341. The van der Waals surface area contributed by atoms with E-state index in [1.54, 1.807) is 10.9 Å². The van der Waals surface area contributed by atoms with Gasteiger partial charge in [0.15, 0.2) is 0 Å². The van der Waals surface area contributed by atoms with Gasteiger partial charge in [-0.1, -0.05) is 6.92 Å². The van der Waals surface area contributed by atoms with Crippen molar-refractivity contribution in [2.75, 3.05) is 11.9 Å². The minimum atomic E-state index is -0.739. The van der Waals surface area contributed by atoms with Crippen molar-refractivity contribution in [1.82, 2.24) is 29.5 Å². The molecule has 1 aliphatic rings. The third-order valence-corrected chi connectivity index (χ3v) is 7.12. The highest BCUT2D eigenvalue weighted by atomic mass is 16.5. The molecule has 0 spiro atoms. The molecule has 0 aliphatic heterocycles. The summed E-state index contributed by atoms with van der Waals surface area (Å²) in [5.41, 5.74) is 3.05. The van der Waals surface area contributed by atoms with Crippen LogP contribution in [-0.2, 0) is 12.0 Å². The molecule has 0 unspecified atom stereocenters. The number of hydrogen-bond donors (Lipinski definition) is 1. The monoisotopic (exact) mass is 498 g/mol. The van der Waals surface area contributed by atoms with E-state index in [9.17, 15) is 5.26 Å². The lowest BCUT2D eigenvalue weighted by molar-refractivity contribution is 0.129. The Labute approximate surface area is 217 Å². The van der Waals surface area contributed by atoms with Crippen molar-refractivity contribution in [2.24, 2.45) is 0 Å². The molecule has 0 atom stereocenters. The molecule has 5 rings (SSSR count). The zero-order valence-electron chi connectivity index (χ0n) is 22.0. The Balaban J connectivity index is 1.43. The molecular weight excluding hydrogens is 464 g/mol. The molecule has 1 aliphatic carbocycles. The van der Waals surface area contributed by atoms with Crippen molar-refractivity contribution >= 4 is 16.7 Å². The van der Waals surface area contributed by atoms with E-state index in [0.717, 1.165) is 78.1 Å². The molecule has 9 heteroatoms. The fraction of sp³-hybridized carbons (Fsp3) is 0.464. The zero-order chi connectivity index (χ0) is 26.0. The van der Waals surface area contributed by atoms with Crippen LogP contribution in [0.1, 0.15) is 65.1 Å². The Morgan fingerprint density at radius 2 is 1.97 bits per heavy atom. The first-order valence-electron chi connectivity index (χ1n) is 13.1. The Morgan fingerprint density at radius 3 is 2.70 bits per heavy atom. The maximum atomic E-state index is 9.54. The first-order chi connectivity index (χ1) is 17.9. The summed E-state index contributed by atoms with van der Waals surface area (Å²) in [7, 11) is 0. The van der Waals surface area contributed by atoms with Crippen molar-refractivity contribution < 1.29 is 4.74 Å². The minimum absolute atomic E-state index is 0.178. The molecule has 1 N–H and O–H groups in total. The molecule has 192 valence electrons. The number of nitriles is 1. The number of nitrogens with one attached hydrogen (secondary N) is 1. The molecule has 0 amide bonds. The van der Waals surface area contributed by atoms with Crippen molar-refractivity contribution in [3.8, 4) is 23.1 Å². The molecule has 1 fully saturated rings. The maximum absolute atomic E-state index is 9.54.